The Kier molecular flexibility index (Phi) is 8.07. The average Bonchev–Trinajstić information content (AvgIpc) is 2.22. The van der Waals surface area contributed by atoms with Crippen molar-refractivity contribution in [2.75, 3.05) is 19.1 Å². The third kappa shape index (κ3) is 6.91. The highest BCUT2D eigenvalue weighted by Crippen LogP contribution is 2.22. The topological polar surface area (TPSA) is 26.3 Å². The minimum Gasteiger partial charge on any atom is -0.381 e. The summed E-state index contributed by atoms with van der Waals surface area (Å²) < 4.78 is 5.47. The molecule has 0 aromatic carbocycles. The third-order valence-corrected chi connectivity index (χ3v) is 2.88. The fourth-order valence-electron chi connectivity index (χ4n) is 1.20. The van der Waals surface area contributed by atoms with E-state index < -0.39 is 0 Å². The van der Waals surface area contributed by atoms with E-state index in [1.54, 1.807) is 0 Å². The number of carbonyl (C=O) groups is 1. The first-order chi connectivity index (χ1) is 7.04. The molecule has 0 aromatic rings. The van der Waals surface area contributed by atoms with E-state index in [9.17, 15) is 4.79 Å². The van der Waals surface area contributed by atoms with Gasteiger partial charge in [0.25, 0.3) is 0 Å². The molecule has 0 rings (SSSR count). The number of ketones is 1. The van der Waals surface area contributed by atoms with E-state index in [0.717, 1.165) is 19.4 Å². The molecule has 0 aromatic heterocycles. The van der Waals surface area contributed by atoms with Gasteiger partial charge in [0.05, 0.1) is 5.88 Å². The summed E-state index contributed by atoms with van der Waals surface area (Å²) in [6.45, 7) is 7.47. The Morgan fingerprint density at radius 3 is 2.47 bits per heavy atom. The number of ether oxygens (including phenoxy) is 1. The van der Waals surface area contributed by atoms with Crippen molar-refractivity contribution in [1.29, 1.82) is 0 Å². The lowest BCUT2D eigenvalue weighted by molar-refractivity contribution is -0.125. The van der Waals surface area contributed by atoms with Gasteiger partial charge in [0.15, 0.2) is 5.78 Å². The second-order valence-electron chi connectivity index (χ2n) is 4.51. The Labute approximate surface area is 98.3 Å². The first-order valence-corrected chi connectivity index (χ1v) is 6.25. The minimum absolute atomic E-state index is 0.0984. The second kappa shape index (κ2) is 8.12. The van der Waals surface area contributed by atoms with Gasteiger partial charge in [-0.1, -0.05) is 33.6 Å². The lowest BCUT2D eigenvalue weighted by atomic mass is 9.86. The molecular formula is C12H23ClO2. The van der Waals surface area contributed by atoms with Gasteiger partial charge in [0.1, 0.15) is 0 Å². The summed E-state index contributed by atoms with van der Waals surface area (Å²) in [7, 11) is 0. The summed E-state index contributed by atoms with van der Waals surface area (Å²) in [4.78, 5) is 11.4. The maximum Gasteiger partial charge on any atom is 0.153 e. The Bertz CT molecular complexity index is 178. The number of Topliss-reactive ketones (excluding diaryl/α,β-unsaturated/α-hetero) is 1. The van der Waals surface area contributed by atoms with Crippen LogP contribution in [0.15, 0.2) is 0 Å². The Hall–Kier alpha value is -0.0800. The third-order valence-electron chi connectivity index (χ3n) is 2.64. The highest BCUT2D eigenvalue weighted by Gasteiger charge is 2.25. The maximum absolute atomic E-state index is 11.4. The normalized spacial score (nSPS) is 11.7. The lowest BCUT2D eigenvalue weighted by Gasteiger charge is -2.21. The summed E-state index contributed by atoms with van der Waals surface area (Å²) in [5.41, 5.74) is -0.341. The van der Waals surface area contributed by atoms with Gasteiger partial charge in [-0.05, 0) is 12.8 Å². The molecule has 0 radical (unpaired) electrons. The van der Waals surface area contributed by atoms with Crippen molar-refractivity contribution in [2.45, 2.75) is 46.5 Å². The van der Waals surface area contributed by atoms with Crippen molar-refractivity contribution >= 4 is 17.4 Å². The van der Waals surface area contributed by atoms with Crippen LogP contribution >= 0.6 is 11.6 Å². The van der Waals surface area contributed by atoms with E-state index in [0.29, 0.717) is 6.61 Å². The number of carbonyl (C=O) groups excluding carboxylic acids is 1. The number of hydrogen-bond donors (Lipinski definition) is 0. The smallest absolute Gasteiger partial charge is 0.153 e. The number of alkyl halides is 1. The standard InChI is InChI=1S/C12H23ClO2/c1-4-5-6-8-15-9-7-12(2,3)11(14)10-13/h4-10H2,1-3H3. The number of halogens is 1. The predicted molar refractivity (Wildman–Crippen MR) is 64.5 cm³/mol. The van der Waals surface area contributed by atoms with E-state index in [4.69, 9.17) is 16.3 Å². The Balaban J connectivity index is 3.53. The van der Waals surface area contributed by atoms with Gasteiger partial charge in [-0.2, -0.15) is 0 Å². The molecule has 0 bridgehead atoms. The molecule has 0 heterocycles. The van der Waals surface area contributed by atoms with Crippen LogP contribution in [0.25, 0.3) is 0 Å². The van der Waals surface area contributed by atoms with Gasteiger partial charge in [-0.15, -0.1) is 11.6 Å². The van der Waals surface area contributed by atoms with Crippen molar-refractivity contribution in [2.24, 2.45) is 5.41 Å². The molecule has 0 saturated heterocycles. The van der Waals surface area contributed by atoms with Crippen LogP contribution in [-0.4, -0.2) is 24.9 Å². The molecule has 3 heteroatoms. The largest absolute Gasteiger partial charge is 0.381 e. The van der Waals surface area contributed by atoms with Gasteiger partial charge in [0.2, 0.25) is 0 Å². The van der Waals surface area contributed by atoms with Crippen LogP contribution in [0.2, 0.25) is 0 Å². The Morgan fingerprint density at radius 1 is 1.27 bits per heavy atom. The zero-order valence-electron chi connectivity index (χ0n) is 10.1. The molecule has 0 aliphatic carbocycles. The maximum atomic E-state index is 11.4. The number of unbranched alkanes of at least 4 members (excludes halogenated alkanes) is 2. The lowest BCUT2D eigenvalue weighted by Crippen LogP contribution is -2.27. The fraction of sp³-hybridized carbons (Fsp3) is 0.917. The van der Waals surface area contributed by atoms with Crippen molar-refractivity contribution in [3.63, 3.8) is 0 Å². The van der Waals surface area contributed by atoms with Gasteiger partial charge in [0, 0.05) is 18.6 Å². The van der Waals surface area contributed by atoms with Crippen LogP contribution in [0.3, 0.4) is 0 Å². The van der Waals surface area contributed by atoms with E-state index in [1.165, 1.54) is 12.8 Å². The molecule has 2 nitrogen and oxygen atoms in total. The molecular weight excluding hydrogens is 212 g/mol. The van der Waals surface area contributed by atoms with Gasteiger partial charge in [-0.25, -0.2) is 0 Å². The van der Waals surface area contributed by atoms with Crippen molar-refractivity contribution in [3.8, 4) is 0 Å². The molecule has 0 aliphatic heterocycles. The number of hydrogen-bond acceptors (Lipinski definition) is 2. The second-order valence-corrected chi connectivity index (χ2v) is 4.78. The predicted octanol–water partition coefficient (Wildman–Crippen LogP) is 3.42. The summed E-state index contributed by atoms with van der Waals surface area (Å²) in [5, 5.41) is 0. The average molecular weight is 235 g/mol. The molecule has 0 saturated carbocycles. The highest BCUT2D eigenvalue weighted by atomic mass is 35.5. The van der Waals surface area contributed by atoms with Crippen LogP contribution in [-0.2, 0) is 9.53 Å². The van der Waals surface area contributed by atoms with Crippen molar-refractivity contribution in [3.05, 3.63) is 0 Å². The molecule has 90 valence electrons. The zero-order valence-corrected chi connectivity index (χ0v) is 10.9. The Morgan fingerprint density at radius 2 is 1.93 bits per heavy atom. The summed E-state index contributed by atoms with van der Waals surface area (Å²) in [5.74, 6) is 0.198. The molecule has 0 amide bonds. The number of rotatable bonds is 9. The fourth-order valence-corrected chi connectivity index (χ4v) is 1.57. The van der Waals surface area contributed by atoms with Crippen molar-refractivity contribution in [1.82, 2.24) is 0 Å². The van der Waals surface area contributed by atoms with Crippen LogP contribution in [0.1, 0.15) is 46.5 Å². The van der Waals surface area contributed by atoms with Crippen LogP contribution in [0, 0.1) is 5.41 Å². The van der Waals surface area contributed by atoms with Crippen molar-refractivity contribution < 1.29 is 9.53 Å². The monoisotopic (exact) mass is 234 g/mol. The summed E-state index contributed by atoms with van der Waals surface area (Å²) in [6, 6.07) is 0. The van der Waals surface area contributed by atoms with Gasteiger partial charge < -0.3 is 4.74 Å². The van der Waals surface area contributed by atoms with E-state index >= 15 is 0 Å². The molecule has 0 atom stereocenters. The van der Waals surface area contributed by atoms with Crippen LogP contribution in [0.4, 0.5) is 0 Å². The molecule has 0 N–H and O–H groups in total. The van der Waals surface area contributed by atoms with E-state index in [1.807, 2.05) is 13.8 Å². The van der Waals surface area contributed by atoms with Crippen LogP contribution in [0.5, 0.6) is 0 Å². The first kappa shape index (κ1) is 14.9. The van der Waals surface area contributed by atoms with Gasteiger partial charge in [-0.3, -0.25) is 4.79 Å². The summed E-state index contributed by atoms with van der Waals surface area (Å²) >= 11 is 5.53. The minimum atomic E-state index is -0.341. The van der Waals surface area contributed by atoms with Gasteiger partial charge >= 0.3 is 0 Å². The van der Waals surface area contributed by atoms with E-state index in [2.05, 4.69) is 6.92 Å². The first-order valence-electron chi connectivity index (χ1n) is 5.71. The molecule has 0 spiro atoms. The van der Waals surface area contributed by atoms with Crippen LogP contribution < -0.4 is 0 Å². The highest BCUT2D eigenvalue weighted by molar-refractivity contribution is 6.28. The molecule has 0 fully saturated rings. The zero-order chi connectivity index (χ0) is 11.7. The summed E-state index contributed by atoms with van der Waals surface area (Å²) in [6.07, 6.45) is 4.29. The van der Waals surface area contributed by atoms with E-state index in [-0.39, 0.29) is 17.1 Å². The molecule has 0 aliphatic rings. The SMILES string of the molecule is CCCCCOCCC(C)(C)C(=O)CCl. The quantitative estimate of drug-likeness (QED) is 0.451. The molecule has 0 unspecified atom stereocenters. The molecule has 15 heavy (non-hydrogen) atoms.